The van der Waals surface area contributed by atoms with Crippen molar-refractivity contribution in [2.24, 2.45) is 10.2 Å². The lowest BCUT2D eigenvalue weighted by Crippen LogP contribution is -2.42. The minimum Gasteiger partial charge on any atom is -0.302 e. The Labute approximate surface area is 94.8 Å². The first-order valence-corrected chi connectivity index (χ1v) is 6.80. The van der Waals surface area contributed by atoms with Gasteiger partial charge in [0.15, 0.2) is 0 Å². The predicted molar refractivity (Wildman–Crippen MR) is 61.4 cm³/mol. The minimum atomic E-state index is -2.44. The normalized spacial score (nSPS) is 37.3. The summed E-state index contributed by atoms with van der Waals surface area (Å²) in [5.74, 6) is 0. The zero-order valence-electron chi connectivity index (χ0n) is 9.13. The van der Waals surface area contributed by atoms with Crippen LogP contribution in [0, 0.1) is 5.41 Å². The first-order valence-electron chi connectivity index (χ1n) is 5.31. The van der Waals surface area contributed by atoms with E-state index in [1.165, 1.54) is 0 Å². The Hall–Kier alpha value is -0.670. The lowest BCUT2D eigenvalue weighted by Gasteiger charge is -2.44. The fourth-order valence-corrected chi connectivity index (χ4v) is 3.91. The predicted octanol–water partition coefficient (Wildman–Crippen LogP) is 3.35. The number of fused-ring (bicyclic) bond motifs is 3. The molecule has 0 aromatic heterocycles. The average Bonchev–Trinajstić information content (AvgIpc) is 2.33. The third-order valence-electron chi connectivity index (χ3n) is 2.72. The Morgan fingerprint density at radius 2 is 1.62 bits per heavy atom. The van der Waals surface area contributed by atoms with Crippen molar-refractivity contribution in [3.63, 3.8) is 0 Å². The molecule has 0 N–H and O–H groups in total. The molecule has 3 saturated heterocycles. The van der Waals surface area contributed by atoms with Crippen molar-refractivity contribution in [1.29, 1.82) is 0 Å². The molecule has 3 heterocycles. The van der Waals surface area contributed by atoms with Crippen LogP contribution in [0.1, 0.15) is 6.92 Å². The van der Waals surface area contributed by atoms with Crippen LogP contribution in [0.2, 0.25) is 0 Å². The van der Waals surface area contributed by atoms with Crippen LogP contribution >= 0.6 is 7.74 Å². The highest BCUT2D eigenvalue weighted by Crippen LogP contribution is 2.63. The van der Waals surface area contributed by atoms with Crippen molar-refractivity contribution < 1.29 is 13.6 Å². The molecular weight excluding hydrogens is 225 g/mol. The standard InChI is InChI=1S/C11H14NO3P/c1-11-7-13-16(14-8-11,15-9-11)12-10-5-3-2-4-6-10/h2-6H,7-9H2,1H3. The molecule has 0 spiro atoms. The smallest absolute Gasteiger partial charge is 0.302 e. The molecule has 4 rings (SSSR count). The summed E-state index contributed by atoms with van der Waals surface area (Å²) in [4.78, 5) is 0. The molecule has 3 fully saturated rings. The van der Waals surface area contributed by atoms with Crippen LogP contribution in [0.15, 0.2) is 35.1 Å². The van der Waals surface area contributed by atoms with E-state index in [1.54, 1.807) is 0 Å². The molecule has 16 heavy (non-hydrogen) atoms. The Bertz CT molecular complexity index is 415. The fourth-order valence-electron chi connectivity index (χ4n) is 1.67. The molecule has 0 atom stereocenters. The van der Waals surface area contributed by atoms with Gasteiger partial charge in [0, 0.05) is 5.41 Å². The van der Waals surface area contributed by atoms with E-state index in [9.17, 15) is 0 Å². The summed E-state index contributed by atoms with van der Waals surface area (Å²) in [6, 6.07) is 9.68. The Balaban J connectivity index is 1.93. The summed E-state index contributed by atoms with van der Waals surface area (Å²) >= 11 is 0. The Morgan fingerprint density at radius 1 is 1.06 bits per heavy atom. The number of benzene rings is 1. The molecule has 3 aliphatic heterocycles. The molecule has 1 aromatic rings. The van der Waals surface area contributed by atoms with Gasteiger partial charge in [-0.1, -0.05) is 25.1 Å². The molecule has 86 valence electrons. The molecule has 0 saturated carbocycles. The third-order valence-corrected chi connectivity index (χ3v) is 4.56. The van der Waals surface area contributed by atoms with Crippen LogP contribution in [-0.2, 0) is 13.6 Å². The first kappa shape index (κ1) is 10.5. The fraction of sp³-hybridized carbons (Fsp3) is 0.455. The van der Waals surface area contributed by atoms with Gasteiger partial charge in [-0.2, -0.15) is 4.74 Å². The molecule has 4 nitrogen and oxygen atoms in total. The average molecular weight is 239 g/mol. The van der Waals surface area contributed by atoms with E-state index >= 15 is 0 Å². The van der Waals surface area contributed by atoms with Crippen LogP contribution in [0.4, 0.5) is 5.69 Å². The molecule has 0 amide bonds. The summed E-state index contributed by atoms with van der Waals surface area (Å²) in [6.45, 7) is 4.13. The number of hydrogen-bond donors (Lipinski definition) is 0. The summed E-state index contributed by atoms with van der Waals surface area (Å²) in [7, 11) is -2.44. The summed E-state index contributed by atoms with van der Waals surface area (Å²) in [6.07, 6.45) is 0. The number of hydrogen-bond acceptors (Lipinski definition) is 4. The molecule has 1 aromatic carbocycles. The van der Waals surface area contributed by atoms with Gasteiger partial charge in [-0.25, -0.2) is 0 Å². The van der Waals surface area contributed by atoms with Crippen molar-refractivity contribution in [2.75, 3.05) is 19.8 Å². The SMILES string of the molecule is CC12COP(=Nc3ccccc3)(OC1)OC2. The highest BCUT2D eigenvalue weighted by molar-refractivity contribution is 7.51. The molecule has 0 aliphatic carbocycles. The highest BCUT2D eigenvalue weighted by atomic mass is 31.2. The highest BCUT2D eigenvalue weighted by Gasteiger charge is 2.46. The molecule has 5 heteroatoms. The van der Waals surface area contributed by atoms with Crippen molar-refractivity contribution in [1.82, 2.24) is 0 Å². The zero-order chi connectivity index (χ0) is 11.1. The van der Waals surface area contributed by atoms with Gasteiger partial charge in [0.2, 0.25) is 0 Å². The van der Waals surface area contributed by atoms with Gasteiger partial charge in [0.05, 0.1) is 25.5 Å². The molecule has 3 aliphatic rings. The summed E-state index contributed by atoms with van der Waals surface area (Å²) in [5.41, 5.74) is 0.856. The quantitative estimate of drug-likeness (QED) is 0.705. The maximum Gasteiger partial charge on any atom is 0.360 e. The van der Waals surface area contributed by atoms with Crippen LogP contribution < -0.4 is 0 Å². The van der Waals surface area contributed by atoms with Gasteiger partial charge in [0.1, 0.15) is 0 Å². The second kappa shape index (κ2) is 3.67. The lowest BCUT2D eigenvalue weighted by molar-refractivity contribution is -0.0690. The van der Waals surface area contributed by atoms with E-state index in [2.05, 4.69) is 11.7 Å². The van der Waals surface area contributed by atoms with Crippen molar-refractivity contribution in [3.05, 3.63) is 30.3 Å². The molecule has 2 bridgehead atoms. The van der Waals surface area contributed by atoms with Crippen molar-refractivity contribution in [2.45, 2.75) is 6.92 Å². The Morgan fingerprint density at radius 3 is 2.19 bits per heavy atom. The third kappa shape index (κ3) is 1.82. The largest absolute Gasteiger partial charge is 0.360 e. The van der Waals surface area contributed by atoms with E-state index in [1.807, 2.05) is 30.3 Å². The zero-order valence-corrected chi connectivity index (χ0v) is 10.0. The van der Waals surface area contributed by atoms with Crippen LogP contribution in [0.5, 0.6) is 0 Å². The van der Waals surface area contributed by atoms with E-state index < -0.39 is 7.74 Å². The van der Waals surface area contributed by atoms with Gasteiger partial charge in [-0.15, -0.1) is 0 Å². The van der Waals surface area contributed by atoms with Gasteiger partial charge >= 0.3 is 7.74 Å². The van der Waals surface area contributed by atoms with Crippen LogP contribution in [-0.4, -0.2) is 19.8 Å². The minimum absolute atomic E-state index is 0.00789. The van der Waals surface area contributed by atoms with E-state index in [4.69, 9.17) is 13.6 Å². The molecule has 0 unspecified atom stereocenters. The monoisotopic (exact) mass is 239 g/mol. The summed E-state index contributed by atoms with van der Waals surface area (Å²) in [5, 5.41) is 0. The molecule has 0 radical (unpaired) electrons. The van der Waals surface area contributed by atoms with Gasteiger partial charge in [-0.05, 0) is 12.1 Å². The number of nitrogens with zero attached hydrogens (tertiary/aromatic N) is 1. The molecular formula is C11H14NO3P. The maximum atomic E-state index is 5.67. The van der Waals surface area contributed by atoms with Gasteiger partial charge < -0.3 is 13.6 Å². The number of rotatable bonds is 1. The van der Waals surface area contributed by atoms with Crippen molar-refractivity contribution in [3.8, 4) is 0 Å². The maximum absolute atomic E-state index is 5.67. The van der Waals surface area contributed by atoms with Crippen molar-refractivity contribution >= 4 is 13.4 Å². The van der Waals surface area contributed by atoms with Gasteiger partial charge in [0.25, 0.3) is 0 Å². The Kier molecular flexibility index (Phi) is 2.41. The van der Waals surface area contributed by atoms with Crippen LogP contribution in [0.3, 0.4) is 0 Å². The second-order valence-corrected chi connectivity index (χ2v) is 6.45. The lowest BCUT2D eigenvalue weighted by atomic mass is 9.95. The van der Waals surface area contributed by atoms with E-state index in [-0.39, 0.29) is 5.41 Å². The van der Waals surface area contributed by atoms with Gasteiger partial charge in [-0.3, -0.25) is 0 Å². The second-order valence-electron chi connectivity index (χ2n) is 4.54. The van der Waals surface area contributed by atoms with E-state index in [0.29, 0.717) is 19.8 Å². The first-order chi connectivity index (χ1) is 7.70. The topological polar surface area (TPSA) is 40.0 Å². The summed E-state index contributed by atoms with van der Waals surface area (Å²) < 4.78 is 21.5. The van der Waals surface area contributed by atoms with E-state index in [0.717, 1.165) is 5.69 Å². The van der Waals surface area contributed by atoms with Crippen LogP contribution in [0.25, 0.3) is 0 Å².